The normalized spacial score (nSPS) is 12.1. The van der Waals surface area contributed by atoms with Gasteiger partial charge in [-0.2, -0.15) is 0 Å². The van der Waals surface area contributed by atoms with Gasteiger partial charge in [0.1, 0.15) is 17.4 Å². The van der Waals surface area contributed by atoms with Crippen molar-refractivity contribution in [1.29, 1.82) is 0 Å². The van der Waals surface area contributed by atoms with E-state index in [0.29, 0.717) is 22.6 Å². The third-order valence-electron chi connectivity index (χ3n) is 4.39. The Kier molecular flexibility index (Phi) is 7.80. The molecular weight excluding hydrogens is 396 g/mol. The Bertz CT molecular complexity index is 933. The maximum absolute atomic E-state index is 13.1. The van der Waals surface area contributed by atoms with Gasteiger partial charge in [-0.05, 0) is 44.9 Å². The molecule has 0 aliphatic rings. The molecule has 0 radical (unpaired) electrons. The third kappa shape index (κ3) is 6.84. The predicted octanol–water partition coefficient (Wildman–Crippen LogP) is 4.41. The van der Waals surface area contributed by atoms with Crippen molar-refractivity contribution in [2.45, 2.75) is 46.3 Å². The summed E-state index contributed by atoms with van der Waals surface area (Å²) in [5.41, 5.74) is 0.418. The van der Waals surface area contributed by atoms with Crippen molar-refractivity contribution < 1.29 is 23.9 Å². The summed E-state index contributed by atoms with van der Waals surface area (Å²) in [6.45, 7) is 8.86. The van der Waals surface area contributed by atoms with Crippen LogP contribution >= 0.6 is 0 Å². The van der Waals surface area contributed by atoms with E-state index in [1.165, 1.54) is 7.11 Å². The van der Waals surface area contributed by atoms with E-state index < -0.39 is 23.6 Å². The Morgan fingerprint density at radius 1 is 0.968 bits per heavy atom. The van der Waals surface area contributed by atoms with Crippen molar-refractivity contribution in [2.24, 2.45) is 5.92 Å². The Hall–Kier alpha value is -3.35. The van der Waals surface area contributed by atoms with E-state index in [1.807, 2.05) is 19.9 Å². The van der Waals surface area contributed by atoms with Crippen LogP contribution in [0.25, 0.3) is 0 Å². The summed E-state index contributed by atoms with van der Waals surface area (Å²) in [7, 11) is 1.50. The Labute approximate surface area is 183 Å². The monoisotopic (exact) mass is 426 g/mol. The van der Waals surface area contributed by atoms with Crippen LogP contribution in [0.5, 0.6) is 5.75 Å². The van der Waals surface area contributed by atoms with Crippen LogP contribution in [0.3, 0.4) is 0 Å². The summed E-state index contributed by atoms with van der Waals surface area (Å²) in [4.78, 5) is 38.2. The standard InChI is InChI=1S/C24H30N2O5/c1-15(2)20(26-23(29)31-24(3,4)5)22(28)25-19-13-12-17(30-6)14-18(19)21(27)16-10-8-7-9-11-16/h7-15,20H,1-6H3,(H,25,28)(H,26,29). The molecule has 2 aromatic carbocycles. The highest BCUT2D eigenvalue weighted by Gasteiger charge is 2.28. The van der Waals surface area contributed by atoms with Crippen molar-refractivity contribution in [3.63, 3.8) is 0 Å². The number of benzene rings is 2. The number of alkyl carbamates (subject to hydrolysis) is 1. The smallest absolute Gasteiger partial charge is 0.408 e. The molecule has 0 bridgehead atoms. The molecule has 1 unspecified atom stereocenters. The van der Waals surface area contributed by atoms with Gasteiger partial charge in [-0.15, -0.1) is 0 Å². The SMILES string of the molecule is COc1ccc(NC(=O)C(NC(=O)OC(C)(C)C)C(C)C)c(C(=O)c2ccccc2)c1. The van der Waals surface area contributed by atoms with Crippen LogP contribution in [0.1, 0.15) is 50.5 Å². The molecule has 0 spiro atoms. The molecular formula is C24H30N2O5. The molecule has 0 aliphatic heterocycles. The molecule has 7 nitrogen and oxygen atoms in total. The minimum atomic E-state index is -0.850. The first-order chi connectivity index (χ1) is 14.5. The lowest BCUT2D eigenvalue weighted by atomic mass is 10.00. The lowest BCUT2D eigenvalue weighted by molar-refractivity contribution is -0.119. The minimum Gasteiger partial charge on any atom is -0.497 e. The van der Waals surface area contributed by atoms with E-state index in [1.54, 1.807) is 63.2 Å². The van der Waals surface area contributed by atoms with E-state index in [9.17, 15) is 14.4 Å². The predicted molar refractivity (Wildman–Crippen MR) is 119 cm³/mol. The van der Waals surface area contributed by atoms with Gasteiger partial charge in [0, 0.05) is 11.1 Å². The quantitative estimate of drug-likeness (QED) is 0.640. The zero-order valence-corrected chi connectivity index (χ0v) is 18.8. The second-order valence-electron chi connectivity index (χ2n) is 8.46. The maximum atomic E-state index is 13.1. The first-order valence-electron chi connectivity index (χ1n) is 10.1. The van der Waals surface area contributed by atoms with Crippen molar-refractivity contribution in [3.8, 4) is 5.75 Å². The second kappa shape index (κ2) is 10.1. The van der Waals surface area contributed by atoms with Crippen LogP contribution in [-0.4, -0.2) is 36.5 Å². The van der Waals surface area contributed by atoms with Gasteiger partial charge in [0.05, 0.1) is 12.8 Å². The number of carbonyl (C=O) groups is 3. The van der Waals surface area contributed by atoms with E-state index >= 15 is 0 Å². The Morgan fingerprint density at radius 3 is 2.16 bits per heavy atom. The van der Waals surface area contributed by atoms with Gasteiger partial charge >= 0.3 is 6.09 Å². The molecule has 0 heterocycles. The van der Waals surface area contributed by atoms with Crippen molar-refractivity contribution >= 4 is 23.5 Å². The van der Waals surface area contributed by atoms with Crippen LogP contribution in [0.4, 0.5) is 10.5 Å². The van der Waals surface area contributed by atoms with Crippen LogP contribution < -0.4 is 15.4 Å². The fraction of sp³-hybridized carbons (Fsp3) is 0.375. The molecule has 0 aliphatic carbocycles. The van der Waals surface area contributed by atoms with E-state index in [4.69, 9.17) is 9.47 Å². The lowest BCUT2D eigenvalue weighted by Gasteiger charge is -2.25. The zero-order valence-electron chi connectivity index (χ0n) is 18.8. The van der Waals surface area contributed by atoms with Gasteiger partial charge in [-0.3, -0.25) is 9.59 Å². The summed E-state index contributed by atoms with van der Waals surface area (Å²) >= 11 is 0. The number of hydrogen-bond acceptors (Lipinski definition) is 5. The van der Waals surface area contributed by atoms with Gasteiger partial charge in [-0.25, -0.2) is 4.79 Å². The average Bonchev–Trinajstić information content (AvgIpc) is 2.70. The highest BCUT2D eigenvalue weighted by molar-refractivity contribution is 6.14. The first kappa shape index (κ1) is 23.9. The highest BCUT2D eigenvalue weighted by atomic mass is 16.6. The summed E-state index contributed by atoms with van der Waals surface area (Å²) in [6.07, 6.45) is -0.684. The molecule has 0 saturated carbocycles. The molecule has 2 N–H and O–H groups in total. The number of ether oxygens (including phenoxy) is 2. The molecule has 7 heteroatoms. The van der Waals surface area contributed by atoms with Gasteiger partial charge < -0.3 is 20.1 Å². The van der Waals surface area contributed by atoms with Gasteiger partial charge in [-0.1, -0.05) is 44.2 Å². The first-order valence-corrected chi connectivity index (χ1v) is 10.1. The van der Waals surface area contributed by atoms with E-state index in [2.05, 4.69) is 10.6 Å². The molecule has 2 rings (SSSR count). The second-order valence-corrected chi connectivity index (χ2v) is 8.46. The number of anilines is 1. The number of rotatable bonds is 7. The van der Waals surface area contributed by atoms with Gasteiger partial charge in [0.15, 0.2) is 5.78 Å². The number of hydrogen-bond donors (Lipinski definition) is 2. The van der Waals surface area contributed by atoms with E-state index in [0.717, 1.165) is 0 Å². The summed E-state index contributed by atoms with van der Waals surface area (Å²) < 4.78 is 10.5. The van der Waals surface area contributed by atoms with Gasteiger partial charge in [0.2, 0.25) is 5.91 Å². The molecule has 166 valence electrons. The zero-order chi connectivity index (χ0) is 23.2. The fourth-order valence-corrected chi connectivity index (χ4v) is 2.87. The molecule has 31 heavy (non-hydrogen) atoms. The Morgan fingerprint density at radius 2 is 1.61 bits per heavy atom. The third-order valence-corrected chi connectivity index (χ3v) is 4.39. The summed E-state index contributed by atoms with van der Waals surface area (Å²) in [6, 6.07) is 12.8. The minimum absolute atomic E-state index is 0.209. The summed E-state index contributed by atoms with van der Waals surface area (Å²) in [5.74, 6) is -0.423. The number of carbonyl (C=O) groups excluding carboxylic acids is 3. The molecule has 2 aromatic rings. The van der Waals surface area contributed by atoms with Crippen LogP contribution in [0.15, 0.2) is 48.5 Å². The average molecular weight is 427 g/mol. The van der Waals surface area contributed by atoms with E-state index in [-0.39, 0.29) is 11.7 Å². The molecule has 2 amide bonds. The summed E-state index contributed by atoms with van der Waals surface area (Å²) in [5, 5.41) is 5.39. The van der Waals surface area contributed by atoms with Crippen molar-refractivity contribution in [1.82, 2.24) is 5.32 Å². The van der Waals surface area contributed by atoms with Gasteiger partial charge in [0.25, 0.3) is 0 Å². The number of ketones is 1. The molecule has 0 aromatic heterocycles. The molecule has 1 atom stereocenters. The molecule has 0 saturated heterocycles. The maximum Gasteiger partial charge on any atom is 0.408 e. The highest BCUT2D eigenvalue weighted by Crippen LogP contribution is 2.25. The molecule has 0 fully saturated rings. The Balaban J connectivity index is 2.30. The topological polar surface area (TPSA) is 93.7 Å². The van der Waals surface area contributed by atoms with Crippen LogP contribution in [0, 0.1) is 5.92 Å². The van der Waals surface area contributed by atoms with Crippen molar-refractivity contribution in [2.75, 3.05) is 12.4 Å². The number of nitrogens with one attached hydrogen (secondary N) is 2. The number of amides is 2. The van der Waals surface area contributed by atoms with Crippen molar-refractivity contribution in [3.05, 3.63) is 59.7 Å². The fourth-order valence-electron chi connectivity index (χ4n) is 2.87. The number of methoxy groups -OCH3 is 1. The van der Waals surface area contributed by atoms with Crippen LogP contribution in [0.2, 0.25) is 0 Å². The van der Waals surface area contributed by atoms with Crippen LogP contribution in [-0.2, 0) is 9.53 Å². The largest absolute Gasteiger partial charge is 0.497 e. The lowest BCUT2D eigenvalue weighted by Crippen LogP contribution is -2.48.